The fourth-order valence-electron chi connectivity index (χ4n) is 9.44. The highest BCUT2D eigenvalue weighted by Crippen LogP contribution is 2.46. The summed E-state index contributed by atoms with van der Waals surface area (Å²) in [6.07, 6.45) is 0. The maximum absolute atomic E-state index is 6.68. The second-order valence-electron chi connectivity index (χ2n) is 16.5. The third-order valence-corrected chi connectivity index (χ3v) is 12.7. The first-order valence-corrected chi connectivity index (χ1v) is 21.9. The van der Waals surface area contributed by atoms with E-state index in [-0.39, 0.29) is 0 Å². The highest BCUT2D eigenvalue weighted by molar-refractivity contribution is 6.19. The van der Waals surface area contributed by atoms with Crippen molar-refractivity contribution in [1.82, 2.24) is 0 Å². The van der Waals surface area contributed by atoms with E-state index in [4.69, 9.17) is 4.42 Å². The Morgan fingerprint density at radius 2 is 0.766 bits per heavy atom. The van der Waals surface area contributed by atoms with E-state index in [1.807, 2.05) is 0 Å². The highest BCUT2D eigenvalue weighted by atomic mass is 16.3. The molecule has 0 bridgehead atoms. The maximum atomic E-state index is 6.68. The lowest BCUT2D eigenvalue weighted by Crippen LogP contribution is -2.11. The van der Waals surface area contributed by atoms with Gasteiger partial charge in [-0.1, -0.05) is 194 Å². The zero-order chi connectivity index (χ0) is 42.4. The summed E-state index contributed by atoms with van der Waals surface area (Å²) in [5.74, 6) is 0. The van der Waals surface area contributed by atoms with Crippen LogP contribution in [0.15, 0.2) is 253 Å². The Morgan fingerprint density at radius 3 is 1.50 bits per heavy atom. The predicted molar refractivity (Wildman–Crippen MR) is 271 cm³/mol. The van der Waals surface area contributed by atoms with Crippen LogP contribution in [0.1, 0.15) is 0 Å². The number of furan rings is 1. The fraction of sp³-hybridized carbons (Fsp3) is 0. The van der Waals surface area contributed by atoms with E-state index >= 15 is 0 Å². The van der Waals surface area contributed by atoms with E-state index in [1.54, 1.807) is 0 Å². The van der Waals surface area contributed by atoms with Crippen molar-refractivity contribution < 1.29 is 4.42 Å². The molecule has 0 saturated heterocycles. The molecule has 0 unspecified atom stereocenters. The van der Waals surface area contributed by atoms with Gasteiger partial charge in [-0.25, -0.2) is 0 Å². The van der Waals surface area contributed by atoms with Gasteiger partial charge in [-0.3, -0.25) is 0 Å². The smallest absolute Gasteiger partial charge is 0.143 e. The molecule has 11 aromatic carbocycles. The summed E-state index contributed by atoms with van der Waals surface area (Å²) in [5, 5.41) is 7.01. The third-order valence-electron chi connectivity index (χ3n) is 12.7. The quantitative estimate of drug-likeness (QED) is 0.152. The molecule has 1 heterocycles. The van der Waals surface area contributed by atoms with Crippen LogP contribution in [-0.2, 0) is 0 Å². The largest absolute Gasteiger partial charge is 0.455 e. The minimum atomic E-state index is 0.878. The molecule has 1 aromatic heterocycles. The number of benzene rings is 11. The minimum Gasteiger partial charge on any atom is -0.455 e. The van der Waals surface area contributed by atoms with Crippen molar-refractivity contribution >= 4 is 60.5 Å². The Kier molecular flexibility index (Phi) is 9.20. The maximum Gasteiger partial charge on any atom is 0.143 e. The van der Waals surface area contributed by atoms with Crippen molar-refractivity contribution in [3.63, 3.8) is 0 Å². The average molecular weight is 816 g/mol. The number of nitrogens with zero attached hydrogens (tertiary/aromatic N) is 1. The summed E-state index contributed by atoms with van der Waals surface area (Å²) in [5.41, 5.74) is 16.8. The van der Waals surface area contributed by atoms with E-state index in [0.29, 0.717) is 0 Å². The van der Waals surface area contributed by atoms with Crippen LogP contribution in [0.5, 0.6) is 0 Å². The second kappa shape index (κ2) is 15.8. The van der Waals surface area contributed by atoms with Crippen molar-refractivity contribution in [3.05, 3.63) is 249 Å². The molecule has 64 heavy (non-hydrogen) atoms. The molecule has 0 radical (unpaired) electrons. The molecule has 0 amide bonds. The topological polar surface area (TPSA) is 16.4 Å². The summed E-state index contributed by atoms with van der Waals surface area (Å²) < 4.78 is 6.68. The van der Waals surface area contributed by atoms with Crippen LogP contribution >= 0.6 is 0 Å². The van der Waals surface area contributed by atoms with Crippen molar-refractivity contribution in [2.24, 2.45) is 0 Å². The van der Waals surface area contributed by atoms with Gasteiger partial charge < -0.3 is 9.32 Å². The fourth-order valence-corrected chi connectivity index (χ4v) is 9.44. The van der Waals surface area contributed by atoms with Gasteiger partial charge in [0.05, 0.1) is 5.69 Å². The molecular formula is C62H41NO. The van der Waals surface area contributed by atoms with Crippen LogP contribution in [0.25, 0.3) is 99.1 Å². The molecule has 2 nitrogen and oxygen atoms in total. The van der Waals surface area contributed by atoms with Crippen molar-refractivity contribution in [3.8, 4) is 55.6 Å². The number of para-hydroxylation sites is 1. The van der Waals surface area contributed by atoms with Crippen LogP contribution in [0, 0.1) is 0 Å². The number of fused-ring (bicyclic) bond motifs is 6. The van der Waals surface area contributed by atoms with Crippen LogP contribution in [-0.4, -0.2) is 0 Å². The zero-order valence-electron chi connectivity index (χ0n) is 35.0. The molecule has 0 fully saturated rings. The number of rotatable bonds is 8. The molecule has 0 saturated carbocycles. The summed E-state index contributed by atoms with van der Waals surface area (Å²) in [4.78, 5) is 2.39. The summed E-state index contributed by atoms with van der Waals surface area (Å²) >= 11 is 0. The third kappa shape index (κ3) is 6.70. The molecule has 0 atom stereocenters. The Labute approximate surface area is 372 Å². The summed E-state index contributed by atoms with van der Waals surface area (Å²) in [7, 11) is 0. The van der Waals surface area contributed by atoms with Gasteiger partial charge in [0.15, 0.2) is 0 Å². The van der Waals surface area contributed by atoms with E-state index in [0.717, 1.165) is 61.1 Å². The van der Waals surface area contributed by atoms with Gasteiger partial charge in [-0.05, 0) is 121 Å². The zero-order valence-corrected chi connectivity index (χ0v) is 35.0. The summed E-state index contributed by atoms with van der Waals surface area (Å²) in [6.45, 7) is 0. The van der Waals surface area contributed by atoms with Gasteiger partial charge in [0.1, 0.15) is 11.2 Å². The molecule has 12 aromatic rings. The lowest BCUT2D eigenvalue weighted by atomic mass is 9.95. The first-order valence-electron chi connectivity index (χ1n) is 21.9. The Bertz CT molecular complexity index is 3640. The van der Waals surface area contributed by atoms with E-state index in [9.17, 15) is 0 Å². The van der Waals surface area contributed by atoms with Crippen molar-refractivity contribution in [1.29, 1.82) is 0 Å². The van der Waals surface area contributed by atoms with Crippen LogP contribution < -0.4 is 4.90 Å². The van der Waals surface area contributed by atoms with Gasteiger partial charge in [0, 0.05) is 33.1 Å². The van der Waals surface area contributed by atoms with E-state index in [2.05, 4.69) is 254 Å². The van der Waals surface area contributed by atoms with Gasteiger partial charge >= 0.3 is 0 Å². The predicted octanol–water partition coefficient (Wildman–Crippen LogP) is 17.7. The molecule has 0 N–H and O–H groups in total. The molecular weight excluding hydrogens is 775 g/mol. The second-order valence-corrected chi connectivity index (χ2v) is 16.5. The molecule has 12 rings (SSSR count). The lowest BCUT2D eigenvalue weighted by Gasteiger charge is -2.28. The Morgan fingerprint density at radius 1 is 0.281 bits per heavy atom. The molecule has 0 aliphatic rings. The first kappa shape index (κ1) is 37.3. The minimum absolute atomic E-state index is 0.878. The van der Waals surface area contributed by atoms with Crippen molar-refractivity contribution in [2.45, 2.75) is 0 Å². The highest BCUT2D eigenvalue weighted by Gasteiger charge is 2.21. The monoisotopic (exact) mass is 815 g/mol. The molecule has 300 valence electrons. The van der Waals surface area contributed by atoms with Crippen molar-refractivity contribution in [2.75, 3.05) is 4.90 Å². The molecule has 0 spiro atoms. The number of hydrogen-bond donors (Lipinski definition) is 0. The normalized spacial score (nSPS) is 11.4. The Balaban J connectivity index is 0.964. The average Bonchev–Trinajstić information content (AvgIpc) is 3.77. The van der Waals surface area contributed by atoms with Gasteiger partial charge in [-0.2, -0.15) is 0 Å². The molecule has 2 heteroatoms. The van der Waals surface area contributed by atoms with Gasteiger partial charge in [0.2, 0.25) is 0 Å². The first-order chi connectivity index (χ1) is 31.7. The molecule has 0 aliphatic heterocycles. The van der Waals surface area contributed by atoms with Gasteiger partial charge in [-0.15, -0.1) is 0 Å². The summed E-state index contributed by atoms with van der Waals surface area (Å²) in [6, 6.07) is 89.6. The SMILES string of the molecule is c1ccc(-c2ccc(-c3ccc(N(c4ccc(-c5cccc(-c6ccc7ccccc7c6)c5)cc4)c4ccccc4-c4cccc5oc6c7ccccc7ccc6c45)cc3)cc2)cc1. The van der Waals surface area contributed by atoms with E-state index in [1.165, 1.54) is 55.1 Å². The standard InChI is InChI=1S/C62H41NO/c1-2-12-42(13-3-1)44-24-26-45(27-25-44)46-30-35-53(36-31-46)63(54-37-32-47(33-38-54)50-17-10-18-51(40-50)52-29-28-43-14-4-5-16-49(43)41-52)59-22-9-8-20-56(59)57-21-11-23-60-61(57)58-39-34-48-15-6-7-19-55(48)62(58)64-60/h1-41H. The lowest BCUT2D eigenvalue weighted by molar-refractivity contribution is 0.673. The molecule has 0 aliphatic carbocycles. The van der Waals surface area contributed by atoms with Crippen LogP contribution in [0.4, 0.5) is 17.1 Å². The number of hydrogen-bond acceptors (Lipinski definition) is 2. The van der Waals surface area contributed by atoms with Crippen LogP contribution in [0.2, 0.25) is 0 Å². The van der Waals surface area contributed by atoms with E-state index < -0.39 is 0 Å². The van der Waals surface area contributed by atoms with Gasteiger partial charge in [0.25, 0.3) is 0 Å². The Hall–Kier alpha value is -8.46. The van der Waals surface area contributed by atoms with Crippen LogP contribution in [0.3, 0.4) is 0 Å². The number of anilines is 3.